The molecule has 2 nitrogen and oxygen atoms in total. The summed E-state index contributed by atoms with van der Waals surface area (Å²) in [5, 5.41) is 19.4. The molecular weight excluding hydrogens is 272 g/mol. The molecule has 130 valence electrons. The van der Waals surface area contributed by atoms with Crippen LogP contribution in [0.5, 0.6) is 0 Å². The van der Waals surface area contributed by atoms with Gasteiger partial charge in [-0.2, -0.15) is 0 Å². The molecule has 0 aromatic rings. The van der Waals surface area contributed by atoms with Crippen molar-refractivity contribution in [1.82, 2.24) is 0 Å². The topological polar surface area (TPSA) is 40.5 Å². The van der Waals surface area contributed by atoms with Gasteiger partial charge in [0.05, 0.1) is 0 Å². The van der Waals surface area contributed by atoms with E-state index in [1.165, 1.54) is 24.8 Å². The zero-order valence-corrected chi connectivity index (χ0v) is 15.2. The Balaban J connectivity index is 4.42. The summed E-state index contributed by atoms with van der Waals surface area (Å²) in [6.45, 7) is 12.5. The fourth-order valence-electron chi connectivity index (χ4n) is 2.93. The molecule has 0 rings (SSSR count). The Morgan fingerprint density at radius 2 is 1.86 bits per heavy atom. The first kappa shape index (κ1) is 21.4. The predicted octanol–water partition coefficient (Wildman–Crippen LogP) is 5.46. The summed E-state index contributed by atoms with van der Waals surface area (Å²) in [7, 11) is 0. The summed E-state index contributed by atoms with van der Waals surface area (Å²) in [5.41, 5.74) is 1.28. The van der Waals surface area contributed by atoms with E-state index in [1.807, 2.05) is 6.08 Å². The van der Waals surface area contributed by atoms with E-state index in [0.717, 1.165) is 32.1 Å². The van der Waals surface area contributed by atoms with Crippen molar-refractivity contribution in [3.8, 4) is 0 Å². The highest BCUT2D eigenvalue weighted by molar-refractivity contribution is 5.00. The monoisotopic (exact) mass is 310 g/mol. The molecule has 0 aliphatic rings. The lowest BCUT2D eigenvalue weighted by Crippen LogP contribution is -2.23. The van der Waals surface area contributed by atoms with E-state index in [1.54, 1.807) is 0 Å². The first-order chi connectivity index (χ1) is 10.4. The zero-order chi connectivity index (χ0) is 17.0. The van der Waals surface area contributed by atoms with E-state index in [4.69, 9.17) is 0 Å². The van der Waals surface area contributed by atoms with Crippen LogP contribution in [-0.2, 0) is 0 Å². The van der Waals surface area contributed by atoms with E-state index in [2.05, 4.69) is 40.3 Å². The number of hydrogen-bond donors (Lipinski definition) is 2. The summed E-state index contributed by atoms with van der Waals surface area (Å²) in [6.07, 6.45) is 11.7. The van der Waals surface area contributed by atoms with E-state index < -0.39 is 6.29 Å². The van der Waals surface area contributed by atoms with Gasteiger partial charge in [-0.25, -0.2) is 0 Å². The van der Waals surface area contributed by atoms with Crippen LogP contribution in [0.2, 0.25) is 0 Å². The zero-order valence-electron chi connectivity index (χ0n) is 15.2. The molecule has 0 fully saturated rings. The maximum Gasteiger partial charge on any atom is 0.154 e. The van der Waals surface area contributed by atoms with Crippen LogP contribution in [0.4, 0.5) is 0 Å². The molecule has 0 aliphatic carbocycles. The van der Waals surface area contributed by atoms with Crippen molar-refractivity contribution in [2.75, 3.05) is 0 Å². The molecule has 0 heterocycles. The van der Waals surface area contributed by atoms with Crippen LogP contribution in [0.1, 0.15) is 79.1 Å². The molecule has 2 N–H and O–H groups in total. The lowest BCUT2D eigenvalue weighted by molar-refractivity contribution is -0.0897. The van der Waals surface area contributed by atoms with Crippen molar-refractivity contribution in [2.45, 2.75) is 85.4 Å². The Labute approximate surface area is 138 Å². The number of hydrogen-bond acceptors (Lipinski definition) is 2. The van der Waals surface area contributed by atoms with Gasteiger partial charge >= 0.3 is 0 Å². The Hall–Kier alpha value is -0.600. The largest absolute Gasteiger partial charge is 0.368 e. The molecular formula is C20H38O2. The third-order valence-electron chi connectivity index (χ3n) is 4.70. The average Bonchev–Trinajstić information content (AvgIpc) is 2.49. The van der Waals surface area contributed by atoms with Crippen LogP contribution < -0.4 is 0 Å². The maximum atomic E-state index is 9.70. The van der Waals surface area contributed by atoms with E-state index in [-0.39, 0.29) is 5.92 Å². The molecule has 0 aromatic heterocycles. The number of unbranched alkanes of at least 4 members (excludes halogenated alkanes) is 1. The second-order valence-electron chi connectivity index (χ2n) is 6.87. The first-order valence-corrected chi connectivity index (χ1v) is 9.08. The van der Waals surface area contributed by atoms with Gasteiger partial charge in [-0.05, 0) is 44.4 Å². The highest BCUT2D eigenvalue weighted by Gasteiger charge is 2.21. The lowest BCUT2D eigenvalue weighted by atomic mass is 9.85. The molecule has 22 heavy (non-hydrogen) atoms. The second-order valence-corrected chi connectivity index (χ2v) is 6.87. The van der Waals surface area contributed by atoms with E-state index >= 15 is 0 Å². The summed E-state index contributed by atoms with van der Waals surface area (Å²) >= 11 is 0. The van der Waals surface area contributed by atoms with Crippen LogP contribution in [0, 0.1) is 17.8 Å². The van der Waals surface area contributed by atoms with Gasteiger partial charge in [0.25, 0.3) is 0 Å². The molecule has 0 spiro atoms. The van der Waals surface area contributed by atoms with E-state index in [9.17, 15) is 10.2 Å². The van der Waals surface area contributed by atoms with Crippen molar-refractivity contribution in [3.05, 3.63) is 24.3 Å². The molecule has 0 amide bonds. The average molecular weight is 311 g/mol. The number of rotatable bonds is 13. The van der Waals surface area contributed by atoms with Crippen LogP contribution >= 0.6 is 0 Å². The second kappa shape index (κ2) is 12.9. The fraction of sp³-hybridized carbons (Fsp3) is 0.800. The number of allylic oxidation sites excluding steroid dienone is 3. The quantitative estimate of drug-likeness (QED) is 0.350. The standard InChI is InChI=1S/C20H38O2/c1-6-9-13-18(8-3)15-19(20(21)22)14-17(5)12-10-11-16(4)7-2/h7,12,16,18-22H,2,6,8-11,13-15H2,1,3-5H3. The highest BCUT2D eigenvalue weighted by atomic mass is 16.5. The maximum absolute atomic E-state index is 9.70. The molecule has 0 aliphatic heterocycles. The minimum atomic E-state index is -1.20. The van der Waals surface area contributed by atoms with Gasteiger partial charge in [-0.3, -0.25) is 0 Å². The molecule has 0 radical (unpaired) electrons. The highest BCUT2D eigenvalue weighted by Crippen LogP contribution is 2.27. The summed E-state index contributed by atoms with van der Waals surface area (Å²) in [5.74, 6) is 1.12. The third-order valence-corrected chi connectivity index (χ3v) is 4.70. The van der Waals surface area contributed by atoms with Crippen LogP contribution in [0.25, 0.3) is 0 Å². The molecule has 2 heteroatoms. The SMILES string of the molecule is C=CC(C)CCC=C(C)CC(CC(CC)CCCC)C(O)O. The normalized spacial score (nSPS) is 16.6. The minimum absolute atomic E-state index is 0.0325. The Kier molecular flexibility index (Phi) is 12.5. The Morgan fingerprint density at radius 1 is 1.18 bits per heavy atom. The van der Waals surface area contributed by atoms with Gasteiger partial charge in [0.15, 0.2) is 6.29 Å². The third kappa shape index (κ3) is 10.2. The van der Waals surface area contributed by atoms with Gasteiger partial charge in [-0.15, -0.1) is 6.58 Å². The first-order valence-electron chi connectivity index (χ1n) is 9.08. The van der Waals surface area contributed by atoms with Crippen molar-refractivity contribution in [2.24, 2.45) is 17.8 Å². The van der Waals surface area contributed by atoms with Gasteiger partial charge in [0, 0.05) is 5.92 Å². The Morgan fingerprint density at radius 3 is 2.36 bits per heavy atom. The number of aliphatic hydroxyl groups is 2. The molecule has 0 saturated heterocycles. The van der Waals surface area contributed by atoms with Gasteiger partial charge < -0.3 is 10.2 Å². The van der Waals surface area contributed by atoms with Crippen LogP contribution in [-0.4, -0.2) is 16.5 Å². The van der Waals surface area contributed by atoms with Crippen LogP contribution in [0.15, 0.2) is 24.3 Å². The lowest BCUT2D eigenvalue weighted by Gasteiger charge is -2.24. The molecule has 0 aromatic carbocycles. The minimum Gasteiger partial charge on any atom is -0.368 e. The van der Waals surface area contributed by atoms with Gasteiger partial charge in [-0.1, -0.05) is 64.2 Å². The fourth-order valence-corrected chi connectivity index (χ4v) is 2.93. The van der Waals surface area contributed by atoms with Crippen molar-refractivity contribution in [3.63, 3.8) is 0 Å². The number of aliphatic hydroxyl groups excluding tert-OH is 1. The van der Waals surface area contributed by atoms with Gasteiger partial charge in [0.1, 0.15) is 0 Å². The predicted molar refractivity (Wildman–Crippen MR) is 96.6 cm³/mol. The molecule has 0 bridgehead atoms. The molecule has 3 unspecified atom stereocenters. The van der Waals surface area contributed by atoms with E-state index in [0.29, 0.717) is 11.8 Å². The van der Waals surface area contributed by atoms with Crippen molar-refractivity contribution < 1.29 is 10.2 Å². The van der Waals surface area contributed by atoms with Crippen LogP contribution in [0.3, 0.4) is 0 Å². The molecule has 3 atom stereocenters. The van der Waals surface area contributed by atoms with Crippen molar-refractivity contribution >= 4 is 0 Å². The van der Waals surface area contributed by atoms with Gasteiger partial charge in [0.2, 0.25) is 0 Å². The molecule has 0 saturated carbocycles. The summed E-state index contributed by atoms with van der Waals surface area (Å²) in [4.78, 5) is 0. The summed E-state index contributed by atoms with van der Waals surface area (Å²) < 4.78 is 0. The Bertz CT molecular complexity index is 307. The summed E-state index contributed by atoms with van der Waals surface area (Å²) in [6, 6.07) is 0. The van der Waals surface area contributed by atoms with Crippen molar-refractivity contribution in [1.29, 1.82) is 0 Å². The smallest absolute Gasteiger partial charge is 0.154 e.